The van der Waals surface area contributed by atoms with E-state index in [1.807, 2.05) is 0 Å². The lowest BCUT2D eigenvalue weighted by Gasteiger charge is -2.16. The van der Waals surface area contributed by atoms with Crippen molar-refractivity contribution in [2.75, 3.05) is 11.9 Å². The molecule has 0 aromatic heterocycles. The van der Waals surface area contributed by atoms with E-state index in [0.29, 0.717) is 6.29 Å². The molecule has 1 aromatic rings. The van der Waals surface area contributed by atoms with E-state index >= 15 is 0 Å². The van der Waals surface area contributed by atoms with Gasteiger partial charge in [-0.1, -0.05) is 15.9 Å². The van der Waals surface area contributed by atoms with Crippen LogP contribution >= 0.6 is 31.9 Å². The molecule has 0 amide bonds. The second kappa shape index (κ2) is 6.55. The molecule has 0 atom stereocenters. The Bertz CT molecular complexity index is 455. The van der Waals surface area contributed by atoms with Gasteiger partial charge in [-0.25, -0.2) is 8.78 Å². The van der Waals surface area contributed by atoms with Gasteiger partial charge in [0.25, 0.3) is 6.43 Å². The molecule has 100 valence electrons. The van der Waals surface area contributed by atoms with Crippen LogP contribution in [-0.2, 0) is 0 Å². The van der Waals surface area contributed by atoms with Crippen LogP contribution in [0.1, 0.15) is 22.2 Å². The number of nitrogens with one attached hydrogen (secondary N) is 1. The lowest BCUT2D eigenvalue weighted by molar-refractivity contribution is -0.0435. The van der Waals surface area contributed by atoms with Gasteiger partial charge in [0.05, 0.1) is 12.1 Å². The largest absolute Gasteiger partial charge is 0.379 e. The molecule has 0 spiro atoms. The minimum atomic E-state index is -2.56. The van der Waals surface area contributed by atoms with Crippen molar-refractivity contribution in [1.29, 1.82) is 0 Å². The first-order valence-corrected chi connectivity index (χ1v) is 6.32. The number of aldehydes is 1. The van der Waals surface area contributed by atoms with Crippen LogP contribution in [0.3, 0.4) is 0 Å². The molecular formula is C10H9Br2F2NO3. The third-order valence-electron chi connectivity index (χ3n) is 2.11. The van der Waals surface area contributed by atoms with Crippen LogP contribution in [0.2, 0.25) is 0 Å². The number of carbonyl (C=O) groups is 1. The zero-order valence-corrected chi connectivity index (χ0v) is 12.0. The van der Waals surface area contributed by atoms with Crippen molar-refractivity contribution in [2.45, 2.75) is 12.7 Å². The van der Waals surface area contributed by atoms with Gasteiger partial charge in [0, 0.05) is 20.2 Å². The highest BCUT2D eigenvalue weighted by Gasteiger charge is 2.19. The highest BCUT2D eigenvalue weighted by molar-refractivity contribution is 9.11. The summed E-state index contributed by atoms with van der Waals surface area (Å²) in [4.78, 5) is 10.9. The van der Waals surface area contributed by atoms with E-state index in [1.54, 1.807) is 0 Å². The summed E-state index contributed by atoms with van der Waals surface area (Å²) >= 11 is 6.12. The van der Waals surface area contributed by atoms with E-state index in [0.717, 1.165) is 0 Å². The molecule has 8 heteroatoms. The number of aliphatic hydroxyl groups is 2. The third kappa shape index (κ3) is 3.47. The lowest BCUT2D eigenvalue weighted by atomic mass is 10.1. The van der Waals surface area contributed by atoms with Crippen molar-refractivity contribution in [1.82, 2.24) is 0 Å². The molecule has 0 aliphatic carbocycles. The van der Waals surface area contributed by atoms with Crippen molar-refractivity contribution in [2.24, 2.45) is 0 Å². The van der Waals surface area contributed by atoms with Crippen molar-refractivity contribution < 1.29 is 23.8 Å². The highest BCUT2D eigenvalue weighted by Crippen LogP contribution is 2.36. The number of hydrogen-bond donors (Lipinski definition) is 3. The van der Waals surface area contributed by atoms with Crippen molar-refractivity contribution in [3.63, 3.8) is 0 Å². The summed E-state index contributed by atoms with van der Waals surface area (Å²) in [6.07, 6.45) is -3.92. The van der Waals surface area contributed by atoms with E-state index in [1.165, 1.54) is 6.07 Å². The van der Waals surface area contributed by atoms with Crippen LogP contribution < -0.4 is 5.32 Å². The number of rotatable bonds is 5. The Kier molecular flexibility index (Phi) is 5.64. The van der Waals surface area contributed by atoms with Gasteiger partial charge in [0.15, 0.2) is 12.6 Å². The first-order chi connectivity index (χ1) is 8.38. The van der Waals surface area contributed by atoms with Crippen LogP contribution in [0.5, 0.6) is 0 Å². The minimum absolute atomic E-state index is 0.0435. The van der Waals surface area contributed by atoms with Gasteiger partial charge in [-0.05, 0) is 22.0 Å². The van der Waals surface area contributed by atoms with Crippen LogP contribution in [0.15, 0.2) is 15.0 Å². The fraction of sp³-hybridized carbons (Fsp3) is 0.300. The van der Waals surface area contributed by atoms with Crippen molar-refractivity contribution in [3.8, 4) is 0 Å². The van der Waals surface area contributed by atoms with Gasteiger partial charge in [-0.15, -0.1) is 0 Å². The number of aliphatic hydroxyl groups excluding tert-OH is 1. The molecule has 0 bridgehead atoms. The summed E-state index contributed by atoms with van der Waals surface area (Å²) in [7, 11) is 0. The lowest BCUT2D eigenvalue weighted by Crippen LogP contribution is -2.13. The molecule has 0 radical (unpaired) electrons. The average molecular weight is 389 g/mol. The van der Waals surface area contributed by atoms with E-state index in [4.69, 9.17) is 10.2 Å². The summed E-state index contributed by atoms with van der Waals surface area (Å²) in [5.41, 5.74) is 0.273. The first-order valence-electron chi connectivity index (χ1n) is 4.73. The Morgan fingerprint density at radius 2 is 2.00 bits per heavy atom. The highest BCUT2D eigenvalue weighted by atomic mass is 79.9. The molecule has 0 unspecified atom stereocenters. The molecular weight excluding hydrogens is 380 g/mol. The number of hydrogen-bond acceptors (Lipinski definition) is 4. The monoisotopic (exact) mass is 387 g/mol. The van der Waals surface area contributed by atoms with Crippen molar-refractivity contribution >= 4 is 43.8 Å². The van der Waals surface area contributed by atoms with E-state index < -0.39 is 19.3 Å². The van der Waals surface area contributed by atoms with Gasteiger partial charge < -0.3 is 15.5 Å². The summed E-state index contributed by atoms with van der Waals surface area (Å²) in [5, 5.41) is 20.7. The zero-order chi connectivity index (χ0) is 13.9. The summed E-state index contributed by atoms with van der Waals surface area (Å²) < 4.78 is 24.6. The molecule has 0 fully saturated rings. The number of carbonyl (C=O) groups excluding carboxylic acids is 1. The maximum absolute atomic E-state index is 12.1. The SMILES string of the molecule is O=Cc1c(NCC(F)F)cc(Br)c(C(O)O)c1Br. The van der Waals surface area contributed by atoms with E-state index in [9.17, 15) is 13.6 Å². The van der Waals surface area contributed by atoms with E-state index in [-0.39, 0.29) is 25.8 Å². The standard InChI is InChI=1S/C10H9Br2F2NO3/c11-5-1-6(15-2-7(13)14)4(3-16)9(12)8(5)10(17)18/h1,3,7,10,15,17-18H,2H2. The molecule has 0 aliphatic rings. The zero-order valence-electron chi connectivity index (χ0n) is 8.83. The van der Waals surface area contributed by atoms with Crippen LogP contribution in [0, 0.1) is 0 Å². The topological polar surface area (TPSA) is 69.6 Å². The molecule has 0 heterocycles. The van der Waals surface area contributed by atoms with Crippen LogP contribution in [-0.4, -0.2) is 29.5 Å². The molecule has 4 nitrogen and oxygen atoms in total. The maximum Gasteiger partial charge on any atom is 0.255 e. The second-order valence-corrected chi connectivity index (χ2v) is 4.96. The molecule has 0 saturated heterocycles. The summed E-state index contributed by atoms with van der Waals surface area (Å²) in [6, 6.07) is 1.34. The molecule has 0 aliphatic heterocycles. The quantitative estimate of drug-likeness (QED) is 0.535. The van der Waals surface area contributed by atoms with Gasteiger partial charge >= 0.3 is 0 Å². The normalized spacial score (nSPS) is 11.1. The Morgan fingerprint density at radius 3 is 2.44 bits per heavy atom. The van der Waals surface area contributed by atoms with Gasteiger partial charge in [0.2, 0.25) is 0 Å². The molecule has 3 N–H and O–H groups in total. The fourth-order valence-corrected chi connectivity index (χ4v) is 2.96. The van der Waals surface area contributed by atoms with Gasteiger partial charge in [-0.3, -0.25) is 4.79 Å². The smallest absolute Gasteiger partial charge is 0.255 e. The summed E-state index contributed by atoms with van der Waals surface area (Å²) in [5.74, 6) is 0. The van der Waals surface area contributed by atoms with Crippen molar-refractivity contribution in [3.05, 3.63) is 26.1 Å². The molecule has 1 aromatic carbocycles. The fourth-order valence-electron chi connectivity index (χ4n) is 1.34. The molecule has 1 rings (SSSR count). The second-order valence-electron chi connectivity index (χ2n) is 3.31. The van der Waals surface area contributed by atoms with E-state index in [2.05, 4.69) is 37.2 Å². The number of anilines is 1. The predicted molar refractivity (Wildman–Crippen MR) is 68.9 cm³/mol. The molecule has 0 saturated carbocycles. The Balaban J connectivity index is 3.24. The Labute approximate surface area is 118 Å². The van der Waals surface area contributed by atoms with Crippen LogP contribution in [0.4, 0.5) is 14.5 Å². The number of halogens is 4. The molecule has 18 heavy (non-hydrogen) atoms. The van der Waals surface area contributed by atoms with Gasteiger partial charge in [0.1, 0.15) is 0 Å². The van der Waals surface area contributed by atoms with Gasteiger partial charge in [-0.2, -0.15) is 0 Å². The number of benzene rings is 1. The Hall–Kier alpha value is -0.570. The Morgan fingerprint density at radius 1 is 1.39 bits per heavy atom. The third-order valence-corrected chi connectivity index (χ3v) is 3.62. The van der Waals surface area contributed by atoms with Crippen LogP contribution in [0.25, 0.3) is 0 Å². The average Bonchev–Trinajstić information content (AvgIpc) is 2.25. The minimum Gasteiger partial charge on any atom is -0.379 e. The number of alkyl halides is 2. The predicted octanol–water partition coefficient (Wildman–Crippen LogP) is 2.68. The summed E-state index contributed by atoms with van der Waals surface area (Å²) in [6.45, 7) is -0.610. The maximum atomic E-state index is 12.1. The first kappa shape index (κ1) is 15.5.